The minimum Gasteiger partial charge on any atom is -0.339 e. The molecule has 4 nitrogen and oxygen atoms in total. The van der Waals surface area contributed by atoms with Crippen LogP contribution in [0.15, 0.2) is 4.52 Å². The number of rotatable bonds is 2. The Kier molecular flexibility index (Phi) is 1.55. The largest absolute Gasteiger partial charge is 0.339 e. The summed E-state index contributed by atoms with van der Waals surface area (Å²) >= 11 is 0. The van der Waals surface area contributed by atoms with Gasteiger partial charge in [0.15, 0.2) is 5.82 Å². The third kappa shape index (κ3) is 1.24. The highest BCUT2D eigenvalue weighted by Crippen LogP contribution is 2.42. The van der Waals surface area contributed by atoms with E-state index in [-0.39, 0.29) is 0 Å². The molecule has 1 N–H and O–H groups in total. The van der Waals surface area contributed by atoms with Crippen molar-refractivity contribution < 1.29 is 4.52 Å². The molecule has 0 spiro atoms. The number of nitrogens with zero attached hydrogens (tertiary/aromatic N) is 2. The summed E-state index contributed by atoms with van der Waals surface area (Å²) in [6.45, 7) is 0. The van der Waals surface area contributed by atoms with Gasteiger partial charge in [0, 0.05) is 18.0 Å². The Labute approximate surface area is 88.4 Å². The number of nitrogens with one attached hydrogen (secondary N) is 1. The van der Waals surface area contributed by atoms with Crippen LogP contribution in [-0.4, -0.2) is 22.2 Å². The Morgan fingerprint density at radius 1 is 1.20 bits per heavy atom. The van der Waals surface area contributed by atoms with Gasteiger partial charge in [-0.25, -0.2) is 0 Å². The standard InChI is InChI=1S/C11H15N3O/c1-2-6(1)10-13-11(15-14-10)8-5-7-3-4-9(8)12-7/h6-9,12H,1-5H2. The molecule has 3 aliphatic rings. The van der Waals surface area contributed by atoms with Crippen LogP contribution < -0.4 is 5.32 Å². The zero-order valence-corrected chi connectivity index (χ0v) is 8.65. The highest BCUT2D eigenvalue weighted by molar-refractivity contribution is 5.12. The normalized spacial score (nSPS) is 38.8. The second-order valence-corrected chi connectivity index (χ2v) is 5.15. The van der Waals surface area contributed by atoms with Crippen LogP contribution >= 0.6 is 0 Å². The lowest BCUT2D eigenvalue weighted by molar-refractivity contribution is 0.327. The van der Waals surface area contributed by atoms with Gasteiger partial charge in [0.2, 0.25) is 5.89 Å². The van der Waals surface area contributed by atoms with Crippen molar-refractivity contribution in [3.8, 4) is 0 Å². The van der Waals surface area contributed by atoms with E-state index >= 15 is 0 Å². The van der Waals surface area contributed by atoms with Crippen LogP contribution in [0.5, 0.6) is 0 Å². The molecule has 15 heavy (non-hydrogen) atoms. The van der Waals surface area contributed by atoms with Crippen LogP contribution in [0.3, 0.4) is 0 Å². The lowest BCUT2D eigenvalue weighted by atomic mass is 9.89. The first-order chi connectivity index (χ1) is 7.40. The Bertz CT molecular complexity index is 385. The quantitative estimate of drug-likeness (QED) is 0.796. The molecule has 1 aromatic rings. The molecule has 3 fully saturated rings. The van der Waals surface area contributed by atoms with Gasteiger partial charge in [0.05, 0.1) is 5.92 Å². The van der Waals surface area contributed by atoms with Crippen molar-refractivity contribution in [2.24, 2.45) is 0 Å². The molecule has 0 aromatic carbocycles. The molecule has 1 aliphatic carbocycles. The Morgan fingerprint density at radius 3 is 2.80 bits per heavy atom. The highest BCUT2D eigenvalue weighted by Gasteiger charge is 2.43. The minimum absolute atomic E-state index is 0.490. The molecule has 2 aliphatic heterocycles. The Hall–Kier alpha value is -0.900. The van der Waals surface area contributed by atoms with Crippen molar-refractivity contribution in [2.45, 2.75) is 56.0 Å². The summed E-state index contributed by atoms with van der Waals surface area (Å²) in [7, 11) is 0. The molecular formula is C11H15N3O. The van der Waals surface area contributed by atoms with E-state index in [9.17, 15) is 0 Å². The van der Waals surface area contributed by atoms with E-state index in [0.29, 0.717) is 23.9 Å². The van der Waals surface area contributed by atoms with Crippen LogP contribution in [0.2, 0.25) is 0 Å². The summed E-state index contributed by atoms with van der Waals surface area (Å²) in [6, 6.07) is 1.30. The summed E-state index contributed by atoms with van der Waals surface area (Å²) in [6.07, 6.45) is 6.28. The average Bonchev–Trinajstić information content (AvgIpc) is 2.74. The van der Waals surface area contributed by atoms with Gasteiger partial charge < -0.3 is 9.84 Å². The first kappa shape index (κ1) is 8.28. The van der Waals surface area contributed by atoms with Gasteiger partial charge in [0.1, 0.15) is 0 Å². The van der Waals surface area contributed by atoms with Crippen molar-refractivity contribution >= 4 is 0 Å². The van der Waals surface area contributed by atoms with E-state index < -0.39 is 0 Å². The molecule has 2 saturated heterocycles. The van der Waals surface area contributed by atoms with Gasteiger partial charge >= 0.3 is 0 Å². The summed E-state index contributed by atoms with van der Waals surface area (Å²) in [5.74, 6) is 2.93. The van der Waals surface area contributed by atoms with Gasteiger partial charge in [-0.3, -0.25) is 0 Å². The van der Waals surface area contributed by atoms with Crippen molar-refractivity contribution in [3.63, 3.8) is 0 Å². The van der Waals surface area contributed by atoms with Crippen molar-refractivity contribution in [3.05, 3.63) is 11.7 Å². The van der Waals surface area contributed by atoms with Crippen LogP contribution in [0.25, 0.3) is 0 Å². The summed E-state index contributed by atoms with van der Waals surface area (Å²) in [5, 5.41) is 7.70. The van der Waals surface area contributed by atoms with Gasteiger partial charge in [-0.15, -0.1) is 0 Å². The maximum absolute atomic E-state index is 5.40. The predicted octanol–water partition coefficient (Wildman–Crippen LogP) is 1.55. The van der Waals surface area contributed by atoms with Crippen molar-refractivity contribution in [1.82, 2.24) is 15.5 Å². The SMILES string of the molecule is C1CC2NC1CC2c1nc(C2CC2)no1. The third-order valence-corrected chi connectivity index (χ3v) is 4.02. The van der Waals surface area contributed by atoms with E-state index in [4.69, 9.17) is 4.52 Å². The van der Waals surface area contributed by atoms with E-state index in [0.717, 1.165) is 11.7 Å². The second-order valence-electron chi connectivity index (χ2n) is 5.15. The first-order valence-electron chi connectivity index (χ1n) is 6.00. The summed E-state index contributed by atoms with van der Waals surface area (Å²) < 4.78 is 5.40. The Morgan fingerprint density at radius 2 is 2.13 bits per heavy atom. The fourth-order valence-corrected chi connectivity index (χ4v) is 3.00. The number of hydrogen-bond donors (Lipinski definition) is 1. The molecule has 1 aromatic heterocycles. The van der Waals surface area contributed by atoms with Crippen molar-refractivity contribution in [1.29, 1.82) is 0 Å². The monoisotopic (exact) mass is 205 g/mol. The maximum atomic E-state index is 5.40. The lowest BCUT2D eigenvalue weighted by Gasteiger charge is -2.15. The average molecular weight is 205 g/mol. The molecule has 1 saturated carbocycles. The van der Waals surface area contributed by atoms with Crippen LogP contribution in [0.4, 0.5) is 0 Å². The van der Waals surface area contributed by atoms with Crippen LogP contribution in [0.1, 0.15) is 55.7 Å². The first-order valence-corrected chi connectivity index (χ1v) is 6.00. The molecule has 80 valence electrons. The third-order valence-electron chi connectivity index (χ3n) is 4.02. The maximum Gasteiger partial charge on any atom is 0.231 e. The molecule has 0 amide bonds. The van der Waals surface area contributed by atoms with E-state index in [1.165, 1.54) is 32.1 Å². The molecule has 4 heteroatoms. The molecule has 4 rings (SSSR count). The predicted molar refractivity (Wildman–Crippen MR) is 53.6 cm³/mol. The topological polar surface area (TPSA) is 51.0 Å². The summed E-state index contributed by atoms with van der Waals surface area (Å²) in [4.78, 5) is 4.56. The summed E-state index contributed by atoms with van der Waals surface area (Å²) in [5.41, 5.74) is 0. The molecule has 3 unspecified atom stereocenters. The minimum atomic E-state index is 0.490. The molecule has 0 radical (unpaired) electrons. The highest BCUT2D eigenvalue weighted by atomic mass is 16.5. The zero-order chi connectivity index (χ0) is 9.83. The second kappa shape index (κ2) is 2.82. The Balaban J connectivity index is 1.60. The zero-order valence-electron chi connectivity index (χ0n) is 8.65. The van der Waals surface area contributed by atoms with E-state index in [1.54, 1.807) is 0 Å². The number of fused-ring (bicyclic) bond motifs is 2. The number of aromatic nitrogens is 2. The smallest absolute Gasteiger partial charge is 0.231 e. The van der Waals surface area contributed by atoms with E-state index in [2.05, 4.69) is 15.5 Å². The van der Waals surface area contributed by atoms with Crippen LogP contribution in [0, 0.1) is 0 Å². The fraction of sp³-hybridized carbons (Fsp3) is 0.818. The molecule has 3 atom stereocenters. The molecule has 3 heterocycles. The lowest BCUT2D eigenvalue weighted by Crippen LogP contribution is -2.21. The van der Waals surface area contributed by atoms with Gasteiger partial charge in [-0.2, -0.15) is 4.98 Å². The number of hydrogen-bond acceptors (Lipinski definition) is 4. The fourth-order valence-electron chi connectivity index (χ4n) is 3.00. The van der Waals surface area contributed by atoms with Crippen LogP contribution in [-0.2, 0) is 0 Å². The van der Waals surface area contributed by atoms with Gasteiger partial charge in [-0.05, 0) is 32.1 Å². The van der Waals surface area contributed by atoms with E-state index in [1.807, 2.05) is 0 Å². The van der Waals surface area contributed by atoms with Gasteiger partial charge in [0.25, 0.3) is 0 Å². The van der Waals surface area contributed by atoms with Gasteiger partial charge in [-0.1, -0.05) is 5.16 Å². The molecular weight excluding hydrogens is 190 g/mol. The van der Waals surface area contributed by atoms with Crippen molar-refractivity contribution in [2.75, 3.05) is 0 Å². The molecule has 2 bridgehead atoms.